The molecule has 0 fully saturated rings. The molecule has 1 aromatic heterocycles. The molecule has 3 rings (SSSR count). The highest BCUT2D eigenvalue weighted by molar-refractivity contribution is 6.31. The van der Waals surface area contributed by atoms with Crippen molar-refractivity contribution in [1.82, 2.24) is 9.97 Å². The molecule has 138 valence electrons. The van der Waals surface area contributed by atoms with E-state index in [0.29, 0.717) is 23.1 Å². The third-order valence-electron chi connectivity index (χ3n) is 3.76. The first-order valence-corrected chi connectivity index (χ1v) is 8.83. The average Bonchev–Trinajstić information content (AvgIpc) is 2.67. The van der Waals surface area contributed by atoms with E-state index in [-0.39, 0.29) is 11.6 Å². The van der Waals surface area contributed by atoms with Gasteiger partial charge < -0.3 is 15.4 Å². The minimum absolute atomic E-state index is 0.204. The monoisotopic (exact) mass is 382 g/mol. The minimum Gasteiger partial charge on any atom is -0.492 e. The van der Waals surface area contributed by atoms with Crippen molar-refractivity contribution in [2.24, 2.45) is 0 Å². The van der Waals surface area contributed by atoms with Gasteiger partial charge in [0.1, 0.15) is 17.3 Å². The first-order chi connectivity index (χ1) is 13.1. The number of ether oxygens (including phenoxy) is 1. The van der Waals surface area contributed by atoms with Crippen molar-refractivity contribution in [3.8, 4) is 5.75 Å². The number of hydrogen-bond donors (Lipinski definition) is 2. The van der Waals surface area contributed by atoms with Gasteiger partial charge in [-0.2, -0.15) is 0 Å². The van der Waals surface area contributed by atoms with Gasteiger partial charge in [-0.15, -0.1) is 0 Å². The maximum absolute atomic E-state index is 12.3. The fraction of sp³-hybridized carbons (Fsp3) is 0.150. The average molecular weight is 383 g/mol. The Hall–Kier alpha value is -3.12. The summed E-state index contributed by atoms with van der Waals surface area (Å²) in [5, 5.41) is 6.48. The van der Waals surface area contributed by atoms with Gasteiger partial charge >= 0.3 is 0 Å². The molecule has 0 saturated heterocycles. The van der Waals surface area contributed by atoms with Gasteiger partial charge in [0.15, 0.2) is 0 Å². The molecule has 0 atom stereocenters. The molecule has 0 aliphatic carbocycles. The maximum Gasteiger partial charge on any atom is 0.275 e. The van der Waals surface area contributed by atoms with Gasteiger partial charge in [0, 0.05) is 10.7 Å². The molecule has 7 heteroatoms. The van der Waals surface area contributed by atoms with Crippen LogP contribution in [-0.2, 0) is 0 Å². The number of carbonyl (C=O) groups is 1. The minimum atomic E-state index is -0.358. The third kappa shape index (κ3) is 4.74. The summed E-state index contributed by atoms with van der Waals surface area (Å²) in [5.74, 6) is 0.876. The Labute approximate surface area is 162 Å². The van der Waals surface area contributed by atoms with Gasteiger partial charge in [-0.1, -0.05) is 29.8 Å². The molecule has 0 spiro atoms. The van der Waals surface area contributed by atoms with Gasteiger partial charge in [0.05, 0.1) is 24.7 Å². The second-order valence-electron chi connectivity index (χ2n) is 5.76. The number of amides is 1. The molecule has 2 aromatic carbocycles. The van der Waals surface area contributed by atoms with Crippen LogP contribution in [0.4, 0.5) is 17.2 Å². The predicted octanol–water partition coefficient (Wildman–Crippen LogP) is 4.83. The number of rotatable bonds is 6. The molecule has 0 radical (unpaired) electrons. The largest absolute Gasteiger partial charge is 0.492 e. The summed E-state index contributed by atoms with van der Waals surface area (Å²) in [7, 11) is 0. The van der Waals surface area contributed by atoms with E-state index < -0.39 is 0 Å². The normalized spacial score (nSPS) is 10.3. The van der Waals surface area contributed by atoms with Crippen LogP contribution in [-0.4, -0.2) is 22.5 Å². The van der Waals surface area contributed by atoms with Gasteiger partial charge in [0.2, 0.25) is 0 Å². The summed E-state index contributed by atoms with van der Waals surface area (Å²) in [6.45, 7) is 4.38. The Morgan fingerprint density at radius 1 is 1.15 bits per heavy atom. The SMILES string of the molecule is CCOc1ccccc1Nc1cnc(C(=O)Nc2ccc(C)c(Cl)c2)cn1. The van der Waals surface area contributed by atoms with E-state index in [0.717, 1.165) is 17.0 Å². The summed E-state index contributed by atoms with van der Waals surface area (Å²) in [4.78, 5) is 20.8. The van der Waals surface area contributed by atoms with Crippen LogP contribution in [0.1, 0.15) is 23.0 Å². The molecule has 2 N–H and O–H groups in total. The Bertz CT molecular complexity index is 945. The lowest BCUT2D eigenvalue weighted by atomic mass is 10.2. The van der Waals surface area contributed by atoms with Crippen LogP contribution in [0, 0.1) is 6.92 Å². The van der Waals surface area contributed by atoms with E-state index >= 15 is 0 Å². The highest BCUT2D eigenvalue weighted by Crippen LogP contribution is 2.26. The zero-order valence-corrected chi connectivity index (χ0v) is 15.7. The molecule has 0 saturated carbocycles. The predicted molar refractivity (Wildman–Crippen MR) is 107 cm³/mol. The van der Waals surface area contributed by atoms with Crippen LogP contribution in [0.15, 0.2) is 54.9 Å². The van der Waals surface area contributed by atoms with Crippen LogP contribution in [0.5, 0.6) is 5.75 Å². The first kappa shape index (κ1) is 18.7. The highest BCUT2D eigenvalue weighted by Gasteiger charge is 2.10. The van der Waals surface area contributed by atoms with E-state index in [1.54, 1.807) is 12.1 Å². The lowest BCUT2D eigenvalue weighted by molar-refractivity contribution is 0.102. The number of carbonyl (C=O) groups excluding carboxylic acids is 1. The Morgan fingerprint density at radius 3 is 2.67 bits per heavy atom. The smallest absolute Gasteiger partial charge is 0.275 e. The van der Waals surface area contributed by atoms with Crippen molar-refractivity contribution in [3.63, 3.8) is 0 Å². The van der Waals surface area contributed by atoms with Crippen molar-refractivity contribution in [2.45, 2.75) is 13.8 Å². The van der Waals surface area contributed by atoms with Gasteiger partial charge in [-0.25, -0.2) is 9.97 Å². The van der Waals surface area contributed by atoms with E-state index in [2.05, 4.69) is 20.6 Å². The Kier molecular flexibility index (Phi) is 5.88. The van der Waals surface area contributed by atoms with Gasteiger partial charge in [-0.3, -0.25) is 4.79 Å². The van der Waals surface area contributed by atoms with Crippen LogP contribution < -0.4 is 15.4 Å². The number of para-hydroxylation sites is 2. The second-order valence-corrected chi connectivity index (χ2v) is 6.17. The molecule has 6 nitrogen and oxygen atoms in total. The zero-order valence-electron chi connectivity index (χ0n) is 15.0. The summed E-state index contributed by atoms with van der Waals surface area (Å²) in [6.07, 6.45) is 2.91. The zero-order chi connectivity index (χ0) is 19.2. The van der Waals surface area contributed by atoms with Crippen molar-refractivity contribution in [1.29, 1.82) is 0 Å². The van der Waals surface area contributed by atoms with Gasteiger partial charge in [0.25, 0.3) is 5.91 Å². The van der Waals surface area contributed by atoms with E-state index in [9.17, 15) is 4.79 Å². The molecule has 3 aromatic rings. The number of aromatic nitrogens is 2. The highest BCUT2D eigenvalue weighted by atomic mass is 35.5. The van der Waals surface area contributed by atoms with E-state index in [4.69, 9.17) is 16.3 Å². The van der Waals surface area contributed by atoms with Crippen molar-refractivity contribution < 1.29 is 9.53 Å². The topological polar surface area (TPSA) is 76.1 Å². The fourth-order valence-corrected chi connectivity index (χ4v) is 2.55. The number of aryl methyl sites for hydroxylation is 1. The number of hydrogen-bond acceptors (Lipinski definition) is 5. The summed E-state index contributed by atoms with van der Waals surface area (Å²) in [6, 6.07) is 12.9. The molecule has 1 heterocycles. The quantitative estimate of drug-likeness (QED) is 0.638. The number of nitrogens with zero attached hydrogens (tertiary/aromatic N) is 2. The lowest BCUT2D eigenvalue weighted by Crippen LogP contribution is -2.14. The number of nitrogens with one attached hydrogen (secondary N) is 2. The van der Waals surface area contributed by atoms with Crippen LogP contribution >= 0.6 is 11.6 Å². The van der Waals surface area contributed by atoms with Crippen LogP contribution in [0.25, 0.3) is 0 Å². The number of anilines is 3. The maximum atomic E-state index is 12.3. The molecular formula is C20H19ClN4O2. The van der Waals surface area contributed by atoms with Crippen LogP contribution in [0.3, 0.4) is 0 Å². The number of benzene rings is 2. The molecule has 0 aliphatic heterocycles. The number of halogens is 1. The Morgan fingerprint density at radius 2 is 1.96 bits per heavy atom. The summed E-state index contributed by atoms with van der Waals surface area (Å²) >= 11 is 6.08. The second kappa shape index (κ2) is 8.51. The van der Waals surface area contributed by atoms with E-state index in [1.807, 2.05) is 44.2 Å². The summed E-state index contributed by atoms with van der Waals surface area (Å²) < 4.78 is 5.57. The molecule has 0 aliphatic rings. The van der Waals surface area contributed by atoms with E-state index in [1.165, 1.54) is 12.4 Å². The Balaban J connectivity index is 1.69. The standard InChI is InChI=1S/C20H19ClN4O2/c1-3-27-18-7-5-4-6-16(18)25-19-12-22-17(11-23-19)20(26)24-14-9-8-13(2)15(21)10-14/h4-12H,3H2,1-2H3,(H,23,25)(H,24,26). The van der Waals surface area contributed by atoms with Crippen LogP contribution in [0.2, 0.25) is 5.02 Å². The molecule has 27 heavy (non-hydrogen) atoms. The van der Waals surface area contributed by atoms with Gasteiger partial charge in [-0.05, 0) is 43.7 Å². The van der Waals surface area contributed by atoms with Crippen molar-refractivity contribution >= 4 is 34.7 Å². The molecule has 0 bridgehead atoms. The molecule has 1 amide bonds. The molecule has 0 unspecified atom stereocenters. The lowest BCUT2D eigenvalue weighted by Gasteiger charge is -2.11. The van der Waals surface area contributed by atoms with Crippen molar-refractivity contribution in [2.75, 3.05) is 17.2 Å². The third-order valence-corrected chi connectivity index (χ3v) is 4.17. The molecular weight excluding hydrogens is 364 g/mol. The summed E-state index contributed by atoms with van der Waals surface area (Å²) in [5.41, 5.74) is 2.53. The fourth-order valence-electron chi connectivity index (χ4n) is 2.36. The first-order valence-electron chi connectivity index (χ1n) is 8.45. The van der Waals surface area contributed by atoms with Crippen molar-refractivity contribution in [3.05, 3.63) is 71.1 Å².